The molecule has 0 aliphatic heterocycles. The van der Waals surface area contributed by atoms with Crippen LogP contribution >= 0.6 is 0 Å². The lowest BCUT2D eigenvalue weighted by Crippen LogP contribution is -2.17. The molecule has 0 heterocycles. The van der Waals surface area contributed by atoms with Crippen molar-refractivity contribution in [3.8, 4) is 0 Å². The lowest BCUT2D eigenvalue weighted by molar-refractivity contribution is 0.561. The van der Waals surface area contributed by atoms with Gasteiger partial charge in [-0.05, 0) is 32.1 Å². The van der Waals surface area contributed by atoms with E-state index in [1.165, 1.54) is 0 Å². The maximum absolute atomic E-state index is 10.4. The van der Waals surface area contributed by atoms with Gasteiger partial charge in [0.2, 0.25) is 9.85 Å². The van der Waals surface area contributed by atoms with E-state index in [1.807, 2.05) is 19.6 Å². The molecular weight excluding hydrogens is 223 g/mol. The number of hydrogen-bond acceptors (Lipinski definition) is 1. The Hall–Kier alpha value is 0.324. The van der Waals surface area contributed by atoms with Crippen molar-refractivity contribution < 1.29 is 8.90 Å². The average molecular weight is 261 g/mol. The Morgan fingerprint density at radius 3 is 1.00 bits per heavy atom. The van der Waals surface area contributed by atoms with Gasteiger partial charge >= 0.3 is 0 Å². The molecule has 0 aromatic carbocycles. The third kappa shape index (κ3) is 20800. The minimum atomic E-state index is -1.61. The summed E-state index contributed by atoms with van der Waals surface area (Å²) in [6, 6.07) is 0. The quantitative estimate of drug-likeness (QED) is 0.503. The predicted octanol–water partition coefficient (Wildman–Crippen LogP) is 4.47. The van der Waals surface area contributed by atoms with E-state index >= 15 is 0 Å². The number of hydrogen-bond donors (Lipinski definition) is 1. The molecule has 0 saturated carbocycles. The fraction of sp³-hybridized carbons (Fsp3) is 1.00. The van der Waals surface area contributed by atoms with E-state index < -0.39 is 18.2 Å². The van der Waals surface area contributed by atoms with E-state index in [9.17, 15) is 4.11 Å². The molecule has 15 heavy (non-hydrogen) atoms. The number of rotatable bonds is 0. The summed E-state index contributed by atoms with van der Waals surface area (Å²) in [6.45, 7) is 13.7. The smallest absolute Gasteiger partial charge is 0.213 e. The fourth-order valence-corrected chi connectivity index (χ4v) is 0. The molecule has 4 heteroatoms. The third-order valence-electron chi connectivity index (χ3n) is 0. The Morgan fingerprint density at radius 1 is 1.00 bits per heavy atom. The van der Waals surface area contributed by atoms with Crippen LogP contribution in [0.2, 0.25) is 26.2 Å². The van der Waals surface area contributed by atoms with Gasteiger partial charge in [0.15, 0.2) is 8.32 Å². The summed E-state index contributed by atoms with van der Waals surface area (Å²) in [5.41, 5.74) is 0. The first-order chi connectivity index (χ1) is 5.15. The minimum Gasteiger partial charge on any atom is -0.433 e. The van der Waals surface area contributed by atoms with Gasteiger partial charge in [-0.25, -0.2) is 0 Å². The average Bonchev–Trinajstić information content (AvgIpc) is 1.56. The molecule has 0 aromatic heterocycles. The minimum absolute atomic E-state index is 0. The summed E-state index contributed by atoms with van der Waals surface area (Å²) in [5.74, 6) is 0.833. The molecule has 0 spiro atoms. The highest BCUT2D eigenvalue weighted by atomic mass is 28.4. The molecule has 0 aliphatic rings. The van der Waals surface area contributed by atoms with Crippen LogP contribution in [0.3, 0.4) is 0 Å². The van der Waals surface area contributed by atoms with Crippen LogP contribution < -0.4 is 0 Å². The molecule has 0 unspecified atom stereocenters. The molecule has 102 valence electrons. The van der Waals surface area contributed by atoms with E-state index in [0.29, 0.717) is 0 Å². The lowest BCUT2D eigenvalue weighted by Gasteiger charge is -2.00. The standard InChI is InChI=1S/C4H10.C3H10OSi.CH5FSi.3CH4/c1-4(2)3;1-5(2,3)4;1-3-2;;;/h4H,1-3H3;4H,1-3H3;3H2,1H3;3*1H4. The van der Waals surface area contributed by atoms with E-state index in [4.69, 9.17) is 4.80 Å². The first kappa shape index (κ1) is 36.2. The van der Waals surface area contributed by atoms with Crippen LogP contribution in [0.1, 0.15) is 43.1 Å². The zero-order valence-electron chi connectivity index (χ0n) is 9.61. The lowest BCUT2D eigenvalue weighted by atomic mass is 10.3. The van der Waals surface area contributed by atoms with Crippen LogP contribution in [0.5, 0.6) is 0 Å². The van der Waals surface area contributed by atoms with Gasteiger partial charge in [-0.15, -0.1) is 0 Å². The van der Waals surface area contributed by atoms with Crippen molar-refractivity contribution in [3.05, 3.63) is 0 Å². The zero-order valence-corrected chi connectivity index (χ0v) is 12.0. The Bertz CT molecular complexity index is 64.7. The van der Waals surface area contributed by atoms with E-state index in [-0.39, 0.29) is 22.3 Å². The topological polar surface area (TPSA) is 20.2 Å². The highest BCUT2D eigenvalue weighted by molar-refractivity contribution is 6.68. The summed E-state index contributed by atoms with van der Waals surface area (Å²) in [6.07, 6.45) is 0. The number of halogens is 1. The molecule has 1 nitrogen and oxygen atoms in total. The van der Waals surface area contributed by atoms with Crippen molar-refractivity contribution in [2.45, 2.75) is 69.2 Å². The van der Waals surface area contributed by atoms with Gasteiger partial charge in [-0.3, -0.25) is 0 Å². The molecule has 0 radical (unpaired) electrons. The van der Waals surface area contributed by atoms with Crippen LogP contribution in [0, 0.1) is 5.92 Å². The van der Waals surface area contributed by atoms with Gasteiger partial charge in [0.05, 0.1) is 0 Å². The molecule has 0 fully saturated rings. The molecule has 0 amide bonds. The van der Waals surface area contributed by atoms with Crippen LogP contribution in [-0.2, 0) is 0 Å². The summed E-state index contributed by atoms with van der Waals surface area (Å²) >= 11 is 0. The Kier molecular flexibility index (Phi) is 57.5. The van der Waals surface area contributed by atoms with E-state index in [0.717, 1.165) is 5.92 Å². The second kappa shape index (κ2) is 23.9. The molecule has 0 saturated heterocycles. The molecule has 0 atom stereocenters. The maximum Gasteiger partial charge on any atom is 0.213 e. The first-order valence-electron chi connectivity index (χ1n) is 4.43. The normalized spacial score (nSPS) is 8.40. The van der Waals surface area contributed by atoms with E-state index in [2.05, 4.69) is 20.8 Å². The predicted molar refractivity (Wildman–Crippen MR) is 81.8 cm³/mol. The van der Waals surface area contributed by atoms with Crippen molar-refractivity contribution in [2.24, 2.45) is 5.92 Å². The van der Waals surface area contributed by atoms with E-state index in [1.54, 1.807) is 6.55 Å². The van der Waals surface area contributed by atoms with Crippen molar-refractivity contribution in [3.63, 3.8) is 0 Å². The van der Waals surface area contributed by atoms with Gasteiger partial charge in [0.1, 0.15) is 0 Å². The van der Waals surface area contributed by atoms with Crippen LogP contribution in [0.15, 0.2) is 0 Å². The molecule has 0 aliphatic carbocycles. The molecule has 0 aromatic rings. The SMILES string of the molecule is C.C.C.CC(C)C.C[SiH2]F.C[Si](C)(C)O. The fourth-order valence-electron chi connectivity index (χ4n) is 0. The molecular formula is C11H37FOSi2. The second-order valence-corrected chi connectivity index (χ2v) is 9.05. The van der Waals surface area contributed by atoms with Crippen molar-refractivity contribution in [1.29, 1.82) is 0 Å². The van der Waals surface area contributed by atoms with Gasteiger partial charge in [-0.1, -0.05) is 43.1 Å². The van der Waals surface area contributed by atoms with Crippen LogP contribution in [-0.4, -0.2) is 23.0 Å². The van der Waals surface area contributed by atoms with Gasteiger partial charge in [0.25, 0.3) is 0 Å². The highest BCUT2D eigenvalue weighted by Gasteiger charge is 2.03. The van der Waals surface area contributed by atoms with Crippen LogP contribution in [0.4, 0.5) is 4.11 Å². The van der Waals surface area contributed by atoms with Gasteiger partial charge < -0.3 is 8.90 Å². The Morgan fingerprint density at radius 2 is 1.00 bits per heavy atom. The van der Waals surface area contributed by atoms with Gasteiger partial charge in [0, 0.05) is 0 Å². The van der Waals surface area contributed by atoms with Crippen molar-refractivity contribution >= 4 is 18.2 Å². The third-order valence-corrected chi connectivity index (χ3v) is 0. The highest BCUT2D eigenvalue weighted by Crippen LogP contribution is 1.88. The van der Waals surface area contributed by atoms with Crippen molar-refractivity contribution in [2.75, 3.05) is 0 Å². The molecule has 0 rings (SSSR count). The van der Waals surface area contributed by atoms with Crippen LogP contribution in [0.25, 0.3) is 0 Å². The summed E-state index contributed by atoms with van der Waals surface area (Å²) in [4.78, 5) is 8.66. The Balaban J connectivity index is -0.0000000189. The second-order valence-electron chi connectivity index (χ2n) is 4.17. The monoisotopic (exact) mass is 260 g/mol. The van der Waals surface area contributed by atoms with Gasteiger partial charge in [-0.2, -0.15) is 0 Å². The largest absolute Gasteiger partial charge is 0.433 e. The summed E-state index contributed by atoms with van der Waals surface area (Å²) in [7, 11) is -2.69. The van der Waals surface area contributed by atoms with Crippen molar-refractivity contribution in [1.82, 2.24) is 0 Å². The summed E-state index contributed by atoms with van der Waals surface area (Å²) < 4.78 is 10.4. The Labute approximate surface area is 103 Å². The summed E-state index contributed by atoms with van der Waals surface area (Å²) in [5, 5.41) is 0. The molecule has 0 bridgehead atoms. The molecule has 1 N–H and O–H groups in total. The first-order valence-corrected chi connectivity index (χ1v) is 9.83. The zero-order chi connectivity index (χ0) is 10.8. The maximum atomic E-state index is 10.4.